The molecule has 1 heterocycles. The van der Waals surface area contributed by atoms with Crippen LogP contribution in [0.15, 0.2) is 22.4 Å². The zero-order chi connectivity index (χ0) is 20.3. The number of rotatable bonds is 5. The molecular weight excluding hydrogens is 371 g/mol. The van der Waals surface area contributed by atoms with Crippen LogP contribution in [0.25, 0.3) is 0 Å². The Morgan fingerprint density at radius 2 is 1.88 bits per heavy atom. The molecule has 0 bridgehead atoms. The normalized spacial score (nSPS) is 13.7. The van der Waals surface area contributed by atoms with Gasteiger partial charge >= 0.3 is 12.1 Å². The topological polar surface area (TPSA) is 76.0 Å². The van der Waals surface area contributed by atoms with Gasteiger partial charge in [0.05, 0.1) is 17.2 Å². The van der Waals surface area contributed by atoms with Crippen molar-refractivity contribution in [3.8, 4) is 0 Å². The molecule has 1 N–H and O–H groups in total. The molecule has 0 radical (unpaired) electrons. The second-order valence-electron chi connectivity index (χ2n) is 6.37. The molecular formula is C17H20F3NO4S. The van der Waals surface area contributed by atoms with Gasteiger partial charge in [0.1, 0.15) is 5.57 Å². The molecule has 0 atom stereocenters. The molecule has 0 fully saturated rings. The van der Waals surface area contributed by atoms with Gasteiger partial charge in [0.15, 0.2) is 5.78 Å². The number of carbonyl (C=O) groups is 2. The predicted octanol–water partition coefficient (Wildman–Crippen LogP) is 4.89. The van der Waals surface area contributed by atoms with E-state index in [2.05, 4.69) is 9.73 Å². The quantitative estimate of drug-likeness (QED) is 0.255. The number of ether oxygens (including phenoxy) is 1. The highest BCUT2D eigenvalue weighted by Gasteiger charge is 2.38. The number of thiophene rings is 1. The third kappa shape index (κ3) is 5.42. The Labute approximate surface area is 153 Å². The minimum absolute atomic E-state index is 0.129. The third-order valence-corrected chi connectivity index (χ3v) is 4.77. The molecule has 0 aromatic carbocycles. The number of Topliss-reactive ketones (excluding diaryl/α,β-unsaturated/α-hetero) is 1. The lowest BCUT2D eigenvalue weighted by Crippen LogP contribution is -2.20. The first-order valence-electron chi connectivity index (χ1n) is 7.65. The largest absolute Gasteiger partial charge is 0.504 e. The number of aliphatic hydroxyl groups is 1. The van der Waals surface area contributed by atoms with E-state index in [4.69, 9.17) is 0 Å². The maximum Gasteiger partial charge on any atom is 0.449 e. The van der Waals surface area contributed by atoms with E-state index in [9.17, 15) is 27.9 Å². The number of carbonyl (C=O) groups excluding carboxylic acids is 2. The number of alkyl halides is 3. The van der Waals surface area contributed by atoms with E-state index in [1.165, 1.54) is 25.2 Å². The molecule has 5 nitrogen and oxygen atoms in total. The third-order valence-electron chi connectivity index (χ3n) is 3.12. The van der Waals surface area contributed by atoms with Crippen LogP contribution in [0, 0.1) is 0 Å². The average Bonchev–Trinajstić information content (AvgIpc) is 2.91. The first-order valence-corrected chi connectivity index (χ1v) is 8.47. The van der Waals surface area contributed by atoms with E-state index in [-0.39, 0.29) is 28.4 Å². The number of aliphatic imine (C=N–C) groups is 1. The Hall–Kier alpha value is -2.16. The molecule has 0 saturated heterocycles. The van der Waals surface area contributed by atoms with Crippen LogP contribution >= 0.6 is 11.3 Å². The molecule has 1 rings (SSSR count). The zero-order valence-corrected chi connectivity index (χ0v) is 15.8. The van der Waals surface area contributed by atoms with Gasteiger partial charge in [0, 0.05) is 18.0 Å². The van der Waals surface area contributed by atoms with Gasteiger partial charge in [-0.3, -0.25) is 9.79 Å². The first-order chi connectivity index (χ1) is 11.8. The van der Waals surface area contributed by atoms with Crippen LogP contribution in [0.3, 0.4) is 0 Å². The van der Waals surface area contributed by atoms with Gasteiger partial charge in [0.25, 0.3) is 0 Å². The molecule has 9 heteroatoms. The van der Waals surface area contributed by atoms with E-state index in [0.29, 0.717) is 6.21 Å². The molecule has 0 saturated carbocycles. The van der Waals surface area contributed by atoms with Crippen molar-refractivity contribution in [1.82, 2.24) is 0 Å². The van der Waals surface area contributed by atoms with Crippen molar-refractivity contribution in [2.75, 3.05) is 6.61 Å². The number of esters is 1. The van der Waals surface area contributed by atoms with Gasteiger partial charge in [-0.1, -0.05) is 20.8 Å². The zero-order valence-electron chi connectivity index (χ0n) is 15.0. The van der Waals surface area contributed by atoms with Gasteiger partial charge in [-0.15, -0.1) is 11.3 Å². The van der Waals surface area contributed by atoms with Crippen LogP contribution in [0.2, 0.25) is 0 Å². The van der Waals surface area contributed by atoms with Crippen LogP contribution in [0.1, 0.15) is 49.2 Å². The Balaban J connectivity index is 3.45. The number of halogens is 3. The van der Waals surface area contributed by atoms with E-state index < -0.39 is 23.5 Å². The Morgan fingerprint density at radius 1 is 1.31 bits per heavy atom. The van der Waals surface area contributed by atoms with E-state index in [1.807, 2.05) is 20.8 Å². The SMILES string of the molecule is CCOC(=O)/C(C=Nc1cc(C(C)(C)C)sc1C(C)=O)=C(/O)C(F)(F)F. The van der Waals surface area contributed by atoms with Crippen molar-refractivity contribution in [1.29, 1.82) is 0 Å². The highest BCUT2D eigenvalue weighted by molar-refractivity contribution is 7.14. The lowest BCUT2D eigenvalue weighted by atomic mass is 9.94. The summed E-state index contributed by atoms with van der Waals surface area (Å²) in [4.78, 5) is 28.4. The van der Waals surface area contributed by atoms with Crippen molar-refractivity contribution in [3.05, 3.63) is 27.2 Å². The van der Waals surface area contributed by atoms with Gasteiger partial charge in [0.2, 0.25) is 5.76 Å². The summed E-state index contributed by atoms with van der Waals surface area (Å²) in [5.41, 5.74) is -1.29. The van der Waals surface area contributed by atoms with Gasteiger partial charge in [-0.2, -0.15) is 13.2 Å². The maximum absolute atomic E-state index is 12.8. The van der Waals surface area contributed by atoms with Gasteiger partial charge in [-0.05, 0) is 18.4 Å². The van der Waals surface area contributed by atoms with Gasteiger partial charge < -0.3 is 9.84 Å². The number of aliphatic hydroxyl groups excluding tert-OH is 1. The smallest absolute Gasteiger partial charge is 0.449 e. The Morgan fingerprint density at radius 3 is 2.31 bits per heavy atom. The fourth-order valence-electron chi connectivity index (χ4n) is 1.81. The minimum Gasteiger partial charge on any atom is -0.504 e. The van der Waals surface area contributed by atoms with E-state index in [1.54, 1.807) is 6.07 Å². The maximum atomic E-state index is 12.8. The molecule has 0 aliphatic carbocycles. The number of hydrogen-bond donors (Lipinski definition) is 1. The van der Waals surface area contributed by atoms with Crippen LogP contribution in [-0.4, -0.2) is 35.9 Å². The summed E-state index contributed by atoms with van der Waals surface area (Å²) < 4.78 is 42.8. The monoisotopic (exact) mass is 391 g/mol. The molecule has 1 aromatic rings. The van der Waals surface area contributed by atoms with E-state index in [0.717, 1.165) is 4.88 Å². The average molecular weight is 391 g/mol. The fourth-order valence-corrected chi connectivity index (χ4v) is 2.86. The lowest BCUT2D eigenvalue weighted by Gasteiger charge is -2.14. The van der Waals surface area contributed by atoms with Crippen LogP contribution < -0.4 is 0 Å². The molecule has 0 spiro atoms. The highest BCUT2D eigenvalue weighted by atomic mass is 32.1. The summed E-state index contributed by atoms with van der Waals surface area (Å²) in [5.74, 6) is -3.77. The van der Waals surface area contributed by atoms with Crippen LogP contribution in [0.5, 0.6) is 0 Å². The Kier molecular flexibility index (Phi) is 6.76. The van der Waals surface area contributed by atoms with Crippen molar-refractivity contribution in [3.63, 3.8) is 0 Å². The lowest BCUT2D eigenvalue weighted by molar-refractivity contribution is -0.141. The van der Waals surface area contributed by atoms with Crippen molar-refractivity contribution in [2.24, 2.45) is 4.99 Å². The molecule has 0 amide bonds. The van der Waals surface area contributed by atoms with E-state index >= 15 is 0 Å². The van der Waals surface area contributed by atoms with Crippen LogP contribution in [0.4, 0.5) is 18.9 Å². The first kappa shape index (κ1) is 21.9. The fraction of sp³-hybridized carbons (Fsp3) is 0.471. The minimum atomic E-state index is -5.14. The summed E-state index contributed by atoms with van der Waals surface area (Å²) in [7, 11) is 0. The van der Waals surface area contributed by atoms with Crippen LogP contribution in [-0.2, 0) is 14.9 Å². The van der Waals surface area contributed by atoms with Crippen molar-refractivity contribution >= 4 is 35.0 Å². The van der Waals surface area contributed by atoms with Crippen molar-refractivity contribution < 1.29 is 32.6 Å². The second kappa shape index (κ2) is 8.03. The van der Waals surface area contributed by atoms with Gasteiger partial charge in [-0.25, -0.2) is 4.79 Å². The highest BCUT2D eigenvalue weighted by Crippen LogP contribution is 2.37. The predicted molar refractivity (Wildman–Crippen MR) is 93.5 cm³/mol. The summed E-state index contributed by atoms with van der Waals surface area (Å²) in [6.45, 7) is 8.29. The van der Waals surface area contributed by atoms with Crippen molar-refractivity contribution in [2.45, 2.75) is 46.2 Å². The number of nitrogens with zero attached hydrogens (tertiary/aromatic N) is 1. The summed E-state index contributed by atoms with van der Waals surface area (Å²) in [6, 6.07) is 1.57. The molecule has 0 aliphatic rings. The number of allylic oxidation sites excluding steroid dienone is 1. The standard InChI is InChI=1S/C17H20F3NO4S/c1-6-25-15(24)10(14(23)17(18,19)20)8-21-11-7-12(16(3,4)5)26-13(11)9(2)22/h7-8,23H,6H2,1-5H3/b14-10+,21-8?. The summed E-state index contributed by atoms with van der Waals surface area (Å²) in [6.07, 6.45) is -4.56. The number of hydrogen-bond acceptors (Lipinski definition) is 6. The Bertz CT molecular complexity index is 755. The summed E-state index contributed by atoms with van der Waals surface area (Å²) >= 11 is 1.18. The second-order valence-corrected chi connectivity index (χ2v) is 7.42. The molecule has 144 valence electrons. The summed E-state index contributed by atoms with van der Waals surface area (Å²) in [5, 5.41) is 9.33. The molecule has 0 unspecified atom stereocenters. The molecule has 0 aliphatic heterocycles. The molecule has 1 aromatic heterocycles. The number of ketones is 1. The molecule has 26 heavy (non-hydrogen) atoms.